The molecule has 1 heterocycles. The SMILES string of the molecule is CSC(C)(C)CNc1cccnc1C(N)=S. The normalized spacial score (nSPS) is 11.2. The Bertz CT molecular complexity index is 377. The molecular formula is C11H17N3S2. The lowest BCUT2D eigenvalue weighted by Gasteiger charge is -2.23. The summed E-state index contributed by atoms with van der Waals surface area (Å²) in [6.45, 7) is 5.21. The second-order valence-electron chi connectivity index (χ2n) is 4.08. The summed E-state index contributed by atoms with van der Waals surface area (Å²) in [6, 6.07) is 3.81. The topological polar surface area (TPSA) is 50.9 Å². The standard InChI is InChI=1S/C11H17N3S2/c1-11(2,16-3)7-14-8-5-4-6-13-9(8)10(12)15/h4-6,14H,7H2,1-3H3,(H2,12,15). The number of nitrogens with two attached hydrogens (primary N) is 1. The van der Waals surface area contributed by atoms with Crippen molar-refractivity contribution < 1.29 is 0 Å². The van der Waals surface area contributed by atoms with Crippen LogP contribution in [0, 0.1) is 0 Å². The fourth-order valence-electron chi connectivity index (χ4n) is 1.12. The van der Waals surface area contributed by atoms with Crippen LogP contribution in [-0.2, 0) is 0 Å². The van der Waals surface area contributed by atoms with Crippen LogP contribution in [0.25, 0.3) is 0 Å². The Morgan fingerprint density at radius 1 is 1.62 bits per heavy atom. The van der Waals surface area contributed by atoms with Crippen molar-refractivity contribution in [3.63, 3.8) is 0 Å². The Hall–Kier alpha value is -0.810. The highest BCUT2D eigenvalue weighted by molar-refractivity contribution is 7.99. The van der Waals surface area contributed by atoms with Crippen LogP contribution in [0.1, 0.15) is 19.5 Å². The lowest BCUT2D eigenvalue weighted by Crippen LogP contribution is -2.27. The number of hydrogen-bond acceptors (Lipinski definition) is 4. The van der Waals surface area contributed by atoms with Gasteiger partial charge in [0, 0.05) is 17.5 Å². The van der Waals surface area contributed by atoms with Crippen LogP contribution < -0.4 is 11.1 Å². The lowest BCUT2D eigenvalue weighted by atomic mass is 10.2. The Morgan fingerprint density at radius 3 is 2.88 bits per heavy atom. The molecule has 0 aliphatic rings. The van der Waals surface area contributed by atoms with Gasteiger partial charge in [-0.3, -0.25) is 4.98 Å². The van der Waals surface area contributed by atoms with Gasteiger partial charge in [-0.2, -0.15) is 11.8 Å². The summed E-state index contributed by atoms with van der Waals surface area (Å²) < 4.78 is 0.170. The summed E-state index contributed by atoms with van der Waals surface area (Å²) in [7, 11) is 0. The van der Waals surface area contributed by atoms with Crippen molar-refractivity contribution in [2.24, 2.45) is 5.73 Å². The summed E-state index contributed by atoms with van der Waals surface area (Å²) in [5, 5.41) is 3.33. The number of nitrogens with zero attached hydrogens (tertiary/aromatic N) is 1. The first-order chi connectivity index (χ1) is 7.46. The molecule has 0 bridgehead atoms. The predicted molar refractivity (Wildman–Crippen MR) is 76.2 cm³/mol. The monoisotopic (exact) mass is 255 g/mol. The van der Waals surface area contributed by atoms with Crippen LogP contribution in [0.5, 0.6) is 0 Å². The van der Waals surface area contributed by atoms with E-state index in [1.165, 1.54) is 0 Å². The number of nitrogens with one attached hydrogen (secondary N) is 1. The first-order valence-corrected chi connectivity index (χ1v) is 6.63. The highest BCUT2D eigenvalue weighted by Gasteiger charge is 2.16. The van der Waals surface area contributed by atoms with Gasteiger partial charge in [-0.1, -0.05) is 12.2 Å². The third-order valence-corrected chi connectivity index (χ3v) is 3.74. The molecule has 0 atom stereocenters. The van der Waals surface area contributed by atoms with Crippen molar-refractivity contribution in [2.45, 2.75) is 18.6 Å². The van der Waals surface area contributed by atoms with Crippen LogP contribution >= 0.6 is 24.0 Å². The molecule has 0 aliphatic heterocycles. The third kappa shape index (κ3) is 3.64. The highest BCUT2D eigenvalue weighted by atomic mass is 32.2. The maximum atomic E-state index is 5.61. The molecule has 0 aromatic carbocycles. The van der Waals surface area contributed by atoms with Gasteiger partial charge in [-0.15, -0.1) is 0 Å². The Labute approximate surface area is 106 Å². The zero-order chi connectivity index (χ0) is 12.2. The molecular weight excluding hydrogens is 238 g/mol. The first kappa shape index (κ1) is 13.3. The average Bonchev–Trinajstić information content (AvgIpc) is 2.27. The van der Waals surface area contributed by atoms with Crippen LogP contribution in [-0.4, -0.2) is 27.5 Å². The molecule has 3 N–H and O–H groups in total. The molecule has 0 saturated heterocycles. The van der Waals surface area contributed by atoms with Crippen molar-refractivity contribution in [3.8, 4) is 0 Å². The van der Waals surface area contributed by atoms with Crippen LogP contribution in [0.15, 0.2) is 18.3 Å². The van der Waals surface area contributed by atoms with Crippen LogP contribution in [0.4, 0.5) is 5.69 Å². The van der Waals surface area contributed by atoms with Crippen LogP contribution in [0.3, 0.4) is 0 Å². The van der Waals surface area contributed by atoms with E-state index in [4.69, 9.17) is 18.0 Å². The van der Waals surface area contributed by atoms with E-state index >= 15 is 0 Å². The van der Waals surface area contributed by atoms with Crippen molar-refractivity contribution in [1.82, 2.24) is 4.98 Å². The van der Waals surface area contributed by atoms with Crippen molar-refractivity contribution in [2.75, 3.05) is 18.1 Å². The number of pyridine rings is 1. The minimum atomic E-state index is 0.170. The average molecular weight is 255 g/mol. The molecule has 0 spiro atoms. The Kier molecular flexibility index (Phi) is 4.56. The Balaban J connectivity index is 2.78. The van der Waals surface area contributed by atoms with Gasteiger partial charge < -0.3 is 11.1 Å². The zero-order valence-electron chi connectivity index (χ0n) is 9.78. The molecule has 3 nitrogen and oxygen atoms in total. The van der Waals surface area contributed by atoms with E-state index in [0.717, 1.165) is 12.2 Å². The van der Waals surface area contributed by atoms with E-state index in [0.29, 0.717) is 10.7 Å². The van der Waals surface area contributed by atoms with Crippen molar-refractivity contribution >= 4 is 34.7 Å². The van der Waals surface area contributed by atoms with Gasteiger partial charge in [0.1, 0.15) is 10.7 Å². The number of thiocarbonyl (C=S) groups is 1. The second-order valence-corrected chi connectivity index (χ2v) is 6.03. The van der Waals surface area contributed by atoms with Crippen molar-refractivity contribution in [1.29, 1.82) is 0 Å². The van der Waals surface area contributed by atoms with E-state index in [9.17, 15) is 0 Å². The summed E-state index contributed by atoms with van der Waals surface area (Å²) in [5.74, 6) is 0. The minimum Gasteiger partial charge on any atom is -0.388 e. The molecule has 0 aliphatic carbocycles. The quantitative estimate of drug-likeness (QED) is 0.791. The molecule has 1 aromatic rings. The third-order valence-electron chi connectivity index (χ3n) is 2.30. The van der Waals surface area contributed by atoms with E-state index < -0.39 is 0 Å². The summed E-state index contributed by atoms with van der Waals surface area (Å²) in [5.41, 5.74) is 7.17. The van der Waals surface area contributed by atoms with E-state index in [-0.39, 0.29) is 4.75 Å². The maximum absolute atomic E-state index is 5.61. The van der Waals surface area contributed by atoms with Crippen LogP contribution in [0.2, 0.25) is 0 Å². The maximum Gasteiger partial charge on any atom is 0.124 e. The Morgan fingerprint density at radius 2 is 2.31 bits per heavy atom. The van der Waals surface area contributed by atoms with E-state index in [2.05, 4.69) is 30.4 Å². The van der Waals surface area contributed by atoms with Gasteiger partial charge in [0.05, 0.1) is 5.69 Å². The first-order valence-electron chi connectivity index (χ1n) is 5.00. The molecule has 0 fully saturated rings. The largest absolute Gasteiger partial charge is 0.388 e. The summed E-state index contributed by atoms with van der Waals surface area (Å²) in [6.07, 6.45) is 3.79. The second kappa shape index (κ2) is 5.50. The van der Waals surface area contributed by atoms with Gasteiger partial charge in [-0.25, -0.2) is 0 Å². The molecule has 88 valence electrons. The summed E-state index contributed by atoms with van der Waals surface area (Å²) in [4.78, 5) is 4.49. The molecule has 5 heteroatoms. The molecule has 1 aromatic heterocycles. The molecule has 0 amide bonds. The smallest absolute Gasteiger partial charge is 0.124 e. The van der Waals surface area contributed by atoms with Gasteiger partial charge in [0.15, 0.2) is 0 Å². The molecule has 16 heavy (non-hydrogen) atoms. The lowest BCUT2D eigenvalue weighted by molar-refractivity contribution is 0.752. The molecule has 0 radical (unpaired) electrons. The number of anilines is 1. The minimum absolute atomic E-state index is 0.170. The fourth-order valence-corrected chi connectivity index (χ4v) is 1.50. The van der Waals surface area contributed by atoms with Gasteiger partial charge in [-0.05, 0) is 32.2 Å². The number of thioether (sulfide) groups is 1. The van der Waals surface area contributed by atoms with E-state index in [1.807, 2.05) is 23.9 Å². The summed E-state index contributed by atoms with van der Waals surface area (Å²) >= 11 is 6.77. The van der Waals surface area contributed by atoms with E-state index in [1.54, 1.807) is 6.20 Å². The van der Waals surface area contributed by atoms with Gasteiger partial charge >= 0.3 is 0 Å². The van der Waals surface area contributed by atoms with Crippen molar-refractivity contribution in [3.05, 3.63) is 24.0 Å². The van der Waals surface area contributed by atoms with Gasteiger partial charge in [0.25, 0.3) is 0 Å². The number of aromatic nitrogens is 1. The predicted octanol–water partition coefficient (Wildman–Crippen LogP) is 2.27. The zero-order valence-corrected chi connectivity index (χ0v) is 11.4. The number of rotatable bonds is 5. The fraction of sp³-hybridized carbons (Fsp3) is 0.455. The molecule has 1 rings (SSSR count). The molecule has 0 unspecified atom stereocenters. The van der Waals surface area contributed by atoms with Gasteiger partial charge in [0.2, 0.25) is 0 Å². The molecule has 0 saturated carbocycles. The highest BCUT2D eigenvalue weighted by Crippen LogP contribution is 2.22. The number of hydrogen-bond donors (Lipinski definition) is 2.